The van der Waals surface area contributed by atoms with Crippen LogP contribution in [0.2, 0.25) is 5.02 Å². The van der Waals surface area contributed by atoms with Gasteiger partial charge < -0.3 is 10.1 Å². The van der Waals surface area contributed by atoms with Gasteiger partial charge in [-0.1, -0.05) is 23.4 Å². The van der Waals surface area contributed by atoms with Crippen LogP contribution in [0.15, 0.2) is 27.8 Å². The van der Waals surface area contributed by atoms with Crippen molar-refractivity contribution in [3.8, 4) is 11.6 Å². The summed E-state index contributed by atoms with van der Waals surface area (Å²) in [5.74, 6) is 0.719. The fourth-order valence-electron chi connectivity index (χ4n) is 1.51. The molecule has 0 radical (unpaired) electrons. The van der Waals surface area contributed by atoms with E-state index in [-0.39, 0.29) is 5.02 Å². The fourth-order valence-corrected chi connectivity index (χ4v) is 2.60. The Morgan fingerprint density at radius 3 is 2.81 bits per heavy atom. The van der Waals surface area contributed by atoms with Crippen LogP contribution in [0.25, 0.3) is 0 Å². The molecule has 21 heavy (non-hydrogen) atoms. The van der Waals surface area contributed by atoms with Gasteiger partial charge in [0.15, 0.2) is 5.16 Å². The van der Waals surface area contributed by atoms with Crippen molar-refractivity contribution in [2.75, 3.05) is 18.1 Å². The summed E-state index contributed by atoms with van der Waals surface area (Å²) >= 11 is 10.4. The summed E-state index contributed by atoms with van der Waals surface area (Å²) in [5, 5.41) is 3.68. The predicted octanol–water partition coefficient (Wildman–Crippen LogP) is 4.98. The minimum absolute atomic E-state index is 0.0232. The molecule has 0 saturated heterocycles. The van der Waals surface area contributed by atoms with Crippen LogP contribution in [0.1, 0.15) is 6.92 Å². The standard InChI is InChI=1S/C13H12BrClFN3OS/c1-3-17-11-6-12(19-13(18-11)21-2)20-10-5-9(16)8(15)4-7(10)14/h4-6H,3H2,1-2H3,(H,17,18,19). The van der Waals surface area contributed by atoms with Crippen LogP contribution >= 0.6 is 39.3 Å². The third kappa shape index (κ3) is 4.21. The maximum atomic E-state index is 13.5. The van der Waals surface area contributed by atoms with Crippen molar-refractivity contribution >= 4 is 45.1 Å². The molecule has 2 rings (SSSR count). The normalized spacial score (nSPS) is 10.5. The lowest BCUT2D eigenvalue weighted by Crippen LogP contribution is -2.02. The Bertz CT molecular complexity index is 660. The lowest BCUT2D eigenvalue weighted by atomic mass is 10.3. The number of hydrogen-bond acceptors (Lipinski definition) is 5. The Kier molecular flexibility index (Phi) is 5.66. The highest BCUT2D eigenvalue weighted by Crippen LogP contribution is 2.34. The van der Waals surface area contributed by atoms with Crippen molar-refractivity contribution in [2.24, 2.45) is 0 Å². The van der Waals surface area contributed by atoms with Crippen LogP contribution in [-0.2, 0) is 0 Å². The highest BCUT2D eigenvalue weighted by molar-refractivity contribution is 9.10. The zero-order valence-electron chi connectivity index (χ0n) is 11.3. The van der Waals surface area contributed by atoms with Gasteiger partial charge in [-0.3, -0.25) is 0 Å². The average Bonchev–Trinajstić information content (AvgIpc) is 2.45. The van der Waals surface area contributed by atoms with Crippen molar-refractivity contribution in [1.29, 1.82) is 0 Å². The fraction of sp³-hybridized carbons (Fsp3) is 0.231. The molecule has 0 aliphatic heterocycles. The van der Waals surface area contributed by atoms with Crippen LogP contribution in [0.5, 0.6) is 11.6 Å². The minimum atomic E-state index is -0.555. The molecule has 8 heteroatoms. The van der Waals surface area contributed by atoms with Crippen molar-refractivity contribution < 1.29 is 9.13 Å². The molecule has 0 atom stereocenters. The molecule has 1 aromatic carbocycles. The number of halogens is 3. The number of benzene rings is 1. The number of rotatable bonds is 5. The van der Waals surface area contributed by atoms with Crippen molar-refractivity contribution in [3.05, 3.63) is 33.5 Å². The van der Waals surface area contributed by atoms with Gasteiger partial charge in [0.25, 0.3) is 0 Å². The quantitative estimate of drug-likeness (QED) is 0.442. The lowest BCUT2D eigenvalue weighted by Gasteiger charge is -2.10. The topological polar surface area (TPSA) is 47.0 Å². The molecule has 1 N–H and O–H groups in total. The molecule has 0 unspecified atom stereocenters. The van der Waals surface area contributed by atoms with E-state index in [4.69, 9.17) is 16.3 Å². The van der Waals surface area contributed by atoms with Crippen molar-refractivity contribution in [2.45, 2.75) is 12.1 Å². The Hall–Kier alpha value is -1.05. The number of hydrogen-bond donors (Lipinski definition) is 1. The molecular formula is C13H12BrClFN3OS. The van der Waals surface area contributed by atoms with E-state index in [1.54, 1.807) is 6.07 Å². The first-order valence-electron chi connectivity index (χ1n) is 6.02. The second-order valence-electron chi connectivity index (χ2n) is 3.91. The highest BCUT2D eigenvalue weighted by atomic mass is 79.9. The van der Waals surface area contributed by atoms with Crippen LogP contribution < -0.4 is 10.1 Å². The number of thioether (sulfide) groups is 1. The predicted molar refractivity (Wildman–Crippen MR) is 87.2 cm³/mol. The summed E-state index contributed by atoms with van der Waals surface area (Å²) in [6.45, 7) is 2.69. The Labute approximate surface area is 139 Å². The maximum Gasteiger partial charge on any atom is 0.225 e. The van der Waals surface area contributed by atoms with E-state index in [1.807, 2.05) is 13.2 Å². The number of anilines is 1. The molecular weight excluding hydrogens is 381 g/mol. The van der Waals surface area contributed by atoms with Crippen molar-refractivity contribution in [3.63, 3.8) is 0 Å². The molecule has 0 saturated carbocycles. The molecule has 1 aromatic heterocycles. The van der Waals surface area contributed by atoms with E-state index < -0.39 is 5.82 Å². The Morgan fingerprint density at radius 1 is 1.38 bits per heavy atom. The molecule has 1 heterocycles. The van der Waals surface area contributed by atoms with Gasteiger partial charge in [-0.05, 0) is 35.2 Å². The summed E-state index contributed by atoms with van der Waals surface area (Å²) in [4.78, 5) is 8.53. The second kappa shape index (κ2) is 7.29. The van der Waals surface area contributed by atoms with E-state index in [2.05, 4.69) is 31.2 Å². The van der Waals surface area contributed by atoms with E-state index in [0.717, 1.165) is 6.54 Å². The first-order chi connectivity index (χ1) is 10.0. The molecule has 2 aromatic rings. The van der Waals surface area contributed by atoms with E-state index in [9.17, 15) is 4.39 Å². The maximum absolute atomic E-state index is 13.5. The second-order valence-corrected chi connectivity index (χ2v) is 5.94. The number of ether oxygens (including phenoxy) is 1. The van der Waals surface area contributed by atoms with Gasteiger partial charge in [0.2, 0.25) is 5.88 Å². The largest absolute Gasteiger partial charge is 0.438 e. The number of nitrogens with one attached hydrogen (secondary N) is 1. The Balaban J connectivity index is 2.34. The number of aromatic nitrogens is 2. The smallest absolute Gasteiger partial charge is 0.225 e. The molecule has 0 fully saturated rings. The molecule has 0 bridgehead atoms. The first-order valence-corrected chi connectivity index (χ1v) is 8.42. The molecule has 112 valence electrons. The van der Waals surface area contributed by atoms with E-state index in [1.165, 1.54) is 23.9 Å². The van der Waals surface area contributed by atoms with Crippen LogP contribution in [-0.4, -0.2) is 22.8 Å². The molecule has 0 aliphatic carbocycles. The third-order valence-corrected chi connectivity index (χ3v) is 3.87. The summed E-state index contributed by atoms with van der Waals surface area (Å²) in [6, 6.07) is 4.30. The summed E-state index contributed by atoms with van der Waals surface area (Å²) in [6.07, 6.45) is 1.87. The lowest BCUT2D eigenvalue weighted by molar-refractivity contribution is 0.449. The zero-order chi connectivity index (χ0) is 15.4. The minimum Gasteiger partial charge on any atom is -0.438 e. The summed E-state index contributed by atoms with van der Waals surface area (Å²) in [5.41, 5.74) is 0. The van der Waals surface area contributed by atoms with Crippen LogP contribution in [0.4, 0.5) is 10.2 Å². The van der Waals surface area contributed by atoms with Gasteiger partial charge in [-0.2, -0.15) is 4.98 Å². The molecule has 0 aliphatic rings. The van der Waals surface area contributed by atoms with Gasteiger partial charge in [-0.25, -0.2) is 9.37 Å². The molecule has 0 spiro atoms. The summed E-state index contributed by atoms with van der Waals surface area (Å²) in [7, 11) is 0. The van der Waals surface area contributed by atoms with Gasteiger partial charge >= 0.3 is 0 Å². The average molecular weight is 393 g/mol. The first kappa shape index (κ1) is 16.3. The Morgan fingerprint density at radius 2 is 2.14 bits per heavy atom. The van der Waals surface area contributed by atoms with E-state index >= 15 is 0 Å². The third-order valence-electron chi connectivity index (χ3n) is 2.41. The van der Waals surface area contributed by atoms with Crippen LogP contribution in [0, 0.1) is 5.82 Å². The van der Waals surface area contributed by atoms with Gasteiger partial charge in [0, 0.05) is 18.7 Å². The molecule has 0 amide bonds. The van der Waals surface area contributed by atoms with Gasteiger partial charge in [-0.15, -0.1) is 0 Å². The zero-order valence-corrected chi connectivity index (χ0v) is 14.4. The summed E-state index contributed by atoms with van der Waals surface area (Å²) < 4.78 is 19.7. The van der Waals surface area contributed by atoms with Crippen LogP contribution in [0.3, 0.4) is 0 Å². The highest BCUT2D eigenvalue weighted by Gasteiger charge is 2.11. The molecule has 4 nitrogen and oxygen atoms in total. The SMILES string of the molecule is CCNc1cc(Oc2cc(F)c(Cl)cc2Br)nc(SC)n1. The number of nitrogens with zero attached hydrogens (tertiary/aromatic N) is 2. The van der Waals surface area contributed by atoms with Gasteiger partial charge in [0.05, 0.1) is 9.50 Å². The van der Waals surface area contributed by atoms with Gasteiger partial charge in [0.1, 0.15) is 17.4 Å². The monoisotopic (exact) mass is 391 g/mol. The van der Waals surface area contributed by atoms with E-state index in [0.29, 0.717) is 27.1 Å². The van der Waals surface area contributed by atoms with Crippen molar-refractivity contribution in [1.82, 2.24) is 9.97 Å².